The fourth-order valence-electron chi connectivity index (χ4n) is 1.14. The van der Waals surface area contributed by atoms with Crippen LogP contribution in [0, 0.1) is 0 Å². The second-order valence-electron chi connectivity index (χ2n) is 3.00. The Morgan fingerprint density at radius 1 is 1.25 bits per heavy atom. The molecule has 0 aliphatic heterocycles. The van der Waals surface area contributed by atoms with Crippen molar-refractivity contribution in [3.8, 4) is 0 Å². The monoisotopic (exact) mass is 168 g/mol. The van der Waals surface area contributed by atoms with E-state index in [1.54, 1.807) is 19.1 Å². The first-order valence-corrected chi connectivity index (χ1v) is 3.93. The highest BCUT2D eigenvalue weighted by Crippen LogP contribution is 2.09. The van der Waals surface area contributed by atoms with Gasteiger partial charge in [0, 0.05) is 20.5 Å². The third-order valence-electron chi connectivity index (χ3n) is 1.65. The van der Waals surface area contributed by atoms with Crippen molar-refractivity contribution < 1.29 is 9.59 Å². The van der Waals surface area contributed by atoms with Crippen molar-refractivity contribution in [3.63, 3.8) is 0 Å². The lowest BCUT2D eigenvalue weighted by molar-refractivity contribution is -0.133. The molecule has 0 aromatic carbocycles. The lowest BCUT2D eigenvalue weighted by Crippen LogP contribution is -2.30. The molecule has 0 aromatic heterocycles. The van der Waals surface area contributed by atoms with Crippen molar-refractivity contribution in [1.29, 1.82) is 0 Å². The SMILES string of the molecule is CN(C)N=C1CCCC(=O)C1=O. The third kappa shape index (κ3) is 1.90. The van der Waals surface area contributed by atoms with E-state index in [1.807, 2.05) is 0 Å². The third-order valence-corrected chi connectivity index (χ3v) is 1.65. The van der Waals surface area contributed by atoms with Gasteiger partial charge < -0.3 is 5.01 Å². The van der Waals surface area contributed by atoms with E-state index in [9.17, 15) is 9.59 Å². The number of carbonyl (C=O) groups is 2. The predicted molar refractivity (Wildman–Crippen MR) is 45.0 cm³/mol. The number of hydrazone groups is 1. The van der Waals surface area contributed by atoms with Crippen LogP contribution in [0.4, 0.5) is 0 Å². The van der Waals surface area contributed by atoms with Gasteiger partial charge in [0.15, 0.2) is 0 Å². The molecule has 1 rings (SSSR count). The van der Waals surface area contributed by atoms with Gasteiger partial charge in [-0.05, 0) is 12.8 Å². The molecule has 1 saturated carbocycles. The van der Waals surface area contributed by atoms with Crippen LogP contribution >= 0.6 is 0 Å². The van der Waals surface area contributed by atoms with Gasteiger partial charge in [-0.2, -0.15) is 5.10 Å². The van der Waals surface area contributed by atoms with E-state index in [4.69, 9.17) is 0 Å². The summed E-state index contributed by atoms with van der Waals surface area (Å²) in [4.78, 5) is 22.1. The van der Waals surface area contributed by atoms with Crippen molar-refractivity contribution in [3.05, 3.63) is 0 Å². The van der Waals surface area contributed by atoms with Crippen LogP contribution in [0.5, 0.6) is 0 Å². The molecule has 1 fully saturated rings. The average Bonchev–Trinajstić information content (AvgIpc) is 1.98. The van der Waals surface area contributed by atoms with Gasteiger partial charge in [0.1, 0.15) is 5.71 Å². The molecule has 1 aliphatic rings. The van der Waals surface area contributed by atoms with Crippen molar-refractivity contribution in [2.75, 3.05) is 14.1 Å². The van der Waals surface area contributed by atoms with Gasteiger partial charge in [-0.3, -0.25) is 9.59 Å². The standard InChI is InChI=1S/C8H12N2O2/c1-10(2)9-6-4-3-5-7(11)8(6)12/h3-5H2,1-2H3. The summed E-state index contributed by atoms with van der Waals surface area (Å²) in [6.07, 6.45) is 1.76. The Hall–Kier alpha value is -1.19. The maximum absolute atomic E-state index is 11.2. The molecule has 0 atom stereocenters. The van der Waals surface area contributed by atoms with Gasteiger partial charge in [-0.1, -0.05) is 0 Å². The van der Waals surface area contributed by atoms with Crippen LogP contribution in [0.3, 0.4) is 0 Å². The van der Waals surface area contributed by atoms with E-state index in [2.05, 4.69) is 5.10 Å². The molecule has 0 heterocycles. The zero-order chi connectivity index (χ0) is 9.14. The summed E-state index contributed by atoms with van der Waals surface area (Å²) >= 11 is 0. The van der Waals surface area contributed by atoms with E-state index >= 15 is 0 Å². The van der Waals surface area contributed by atoms with E-state index in [-0.39, 0.29) is 5.78 Å². The minimum absolute atomic E-state index is 0.304. The van der Waals surface area contributed by atoms with Crippen molar-refractivity contribution in [2.45, 2.75) is 19.3 Å². The quantitative estimate of drug-likeness (QED) is 0.416. The number of hydrogen-bond acceptors (Lipinski definition) is 4. The Morgan fingerprint density at radius 3 is 2.50 bits per heavy atom. The minimum atomic E-state index is -0.407. The number of nitrogens with zero attached hydrogens (tertiary/aromatic N) is 2. The molecular formula is C8H12N2O2. The highest BCUT2D eigenvalue weighted by atomic mass is 16.2. The number of hydrogen-bond donors (Lipinski definition) is 0. The van der Waals surface area contributed by atoms with Gasteiger partial charge in [-0.15, -0.1) is 0 Å². The van der Waals surface area contributed by atoms with Crippen LogP contribution in [0.25, 0.3) is 0 Å². The zero-order valence-electron chi connectivity index (χ0n) is 7.33. The highest BCUT2D eigenvalue weighted by molar-refractivity contribution is 6.66. The highest BCUT2D eigenvalue weighted by Gasteiger charge is 2.25. The molecule has 0 amide bonds. The molecule has 12 heavy (non-hydrogen) atoms. The fraction of sp³-hybridized carbons (Fsp3) is 0.625. The first-order chi connectivity index (χ1) is 5.61. The maximum Gasteiger partial charge on any atom is 0.244 e. The largest absolute Gasteiger partial charge is 0.303 e. The summed E-state index contributed by atoms with van der Waals surface area (Å²) < 4.78 is 0. The first kappa shape index (κ1) is 8.90. The minimum Gasteiger partial charge on any atom is -0.303 e. The summed E-state index contributed by atoms with van der Waals surface area (Å²) in [7, 11) is 3.47. The van der Waals surface area contributed by atoms with E-state index in [1.165, 1.54) is 0 Å². The Kier molecular flexibility index (Phi) is 2.58. The van der Waals surface area contributed by atoms with Gasteiger partial charge in [0.05, 0.1) is 0 Å². The van der Waals surface area contributed by atoms with Crippen LogP contribution in [0.2, 0.25) is 0 Å². The number of rotatable bonds is 1. The number of ketones is 2. The smallest absolute Gasteiger partial charge is 0.244 e. The number of Topliss-reactive ketones (excluding diaryl/α,β-unsaturated/α-hetero) is 2. The topological polar surface area (TPSA) is 49.7 Å². The molecule has 4 nitrogen and oxygen atoms in total. The van der Waals surface area contributed by atoms with Crippen molar-refractivity contribution >= 4 is 17.3 Å². The lowest BCUT2D eigenvalue weighted by atomic mass is 9.96. The molecule has 0 unspecified atom stereocenters. The average molecular weight is 168 g/mol. The Balaban J connectivity index is 2.77. The Labute approximate surface area is 71.2 Å². The second-order valence-corrected chi connectivity index (χ2v) is 3.00. The van der Waals surface area contributed by atoms with E-state index in [0.717, 1.165) is 6.42 Å². The van der Waals surface area contributed by atoms with Crippen LogP contribution in [0.15, 0.2) is 5.10 Å². The maximum atomic E-state index is 11.2. The molecule has 0 bridgehead atoms. The molecule has 66 valence electrons. The van der Waals surface area contributed by atoms with Gasteiger partial charge in [0.2, 0.25) is 11.6 Å². The van der Waals surface area contributed by atoms with Gasteiger partial charge >= 0.3 is 0 Å². The Morgan fingerprint density at radius 2 is 1.92 bits per heavy atom. The summed E-state index contributed by atoms with van der Waals surface area (Å²) in [5.41, 5.74) is 0.399. The summed E-state index contributed by atoms with van der Waals surface area (Å²) in [6.45, 7) is 0. The molecule has 0 N–H and O–H groups in total. The van der Waals surface area contributed by atoms with Crippen LogP contribution in [-0.4, -0.2) is 36.4 Å². The van der Waals surface area contributed by atoms with Gasteiger partial charge in [0.25, 0.3) is 0 Å². The molecule has 4 heteroatoms. The lowest BCUT2D eigenvalue weighted by Gasteiger charge is -2.12. The molecular weight excluding hydrogens is 156 g/mol. The second kappa shape index (κ2) is 3.47. The Bertz CT molecular complexity index is 243. The fourth-order valence-corrected chi connectivity index (χ4v) is 1.14. The van der Waals surface area contributed by atoms with Crippen molar-refractivity contribution in [1.82, 2.24) is 5.01 Å². The van der Waals surface area contributed by atoms with E-state index in [0.29, 0.717) is 18.6 Å². The predicted octanol–water partition coefficient (Wildman–Crippen LogP) is 0.226. The van der Waals surface area contributed by atoms with E-state index < -0.39 is 5.78 Å². The van der Waals surface area contributed by atoms with Crippen LogP contribution < -0.4 is 0 Å². The molecule has 0 aromatic rings. The van der Waals surface area contributed by atoms with Crippen LogP contribution in [-0.2, 0) is 9.59 Å². The summed E-state index contributed by atoms with van der Waals surface area (Å²) in [5, 5.41) is 5.49. The molecule has 0 saturated heterocycles. The zero-order valence-corrected chi connectivity index (χ0v) is 7.33. The van der Waals surface area contributed by atoms with Crippen molar-refractivity contribution in [2.24, 2.45) is 5.10 Å². The molecule has 0 spiro atoms. The molecule has 1 aliphatic carbocycles. The first-order valence-electron chi connectivity index (χ1n) is 3.93. The van der Waals surface area contributed by atoms with Gasteiger partial charge in [-0.25, -0.2) is 0 Å². The summed E-state index contributed by atoms with van der Waals surface area (Å²) in [5.74, 6) is -0.711. The van der Waals surface area contributed by atoms with Crippen LogP contribution in [0.1, 0.15) is 19.3 Å². The number of carbonyl (C=O) groups excluding carboxylic acids is 2. The normalized spacial score (nSPS) is 21.7. The molecule has 0 radical (unpaired) electrons. The summed E-state index contributed by atoms with van der Waals surface area (Å²) in [6, 6.07) is 0.